The average Bonchev–Trinajstić information content (AvgIpc) is 1.80. The summed E-state index contributed by atoms with van der Waals surface area (Å²) in [6.45, 7) is 1.76. The van der Waals surface area contributed by atoms with Gasteiger partial charge < -0.3 is 0 Å². The highest BCUT2D eigenvalue weighted by Gasteiger charge is 2.62. The van der Waals surface area contributed by atoms with Crippen LogP contribution in [0.3, 0.4) is 0 Å². The summed E-state index contributed by atoms with van der Waals surface area (Å²) in [7, 11) is 0. The van der Waals surface area contributed by atoms with Crippen LogP contribution in [-0.2, 0) is 0 Å². The second kappa shape index (κ2) is 3.58. The van der Waals surface area contributed by atoms with Gasteiger partial charge in [0.05, 0.1) is 6.42 Å². The number of hydrogen-bond donors (Lipinski definition) is 0. The highest BCUT2D eigenvalue weighted by molar-refractivity contribution is 4.84. The molecule has 0 aromatic carbocycles. The van der Waals surface area contributed by atoms with E-state index in [1.54, 1.807) is 0 Å². The number of rotatable bonds is 3. The van der Waals surface area contributed by atoms with Gasteiger partial charge in [-0.2, -0.15) is 22.0 Å². The standard InChI is InChI=1S/C7H9F7/c1-4(2)5(8,9)3-6(10,11)7(12,13)14/h4H,3H2,1-2H3. The molecule has 86 valence electrons. The van der Waals surface area contributed by atoms with E-state index in [0.29, 0.717) is 0 Å². The summed E-state index contributed by atoms with van der Waals surface area (Å²) in [5, 5.41) is 0. The molecule has 0 aromatic rings. The van der Waals surface area contributed by atoms with E-state index >= 15 is 0 Å². The Bertz CT molecular complexity index is 191. The summed E-state index contributed by atoms with van der Waals surface area (Å²) >= 11 is 0. The van der Waals surface area contributed by atoms with Crippen LogP contribution in [-0.4, -0.2) is 18.0 Å². The first-order chi connectivity index (χ1) is 5.90. The molecule has 0 nitrogen and oxygen atoms in total. The van der Waals surface area contributed by atoms with Gasteiger partial charge in [0, 0.05) is 5.92 Å². The van der Waals surface area contributed by atoms with Crippen LogP contribution in [0.1, 0.15) is 20.3 Å². The van der Waals surface area contributed by atoms with E-state index in [2.05, 4.69) is 0 Å². The van der Waals surface area contributed by atoms with E-state index in [-0.39, 0.29) is 0 Å². The molecular weight excluding hydrogens is 217 g/mol. The maximum absolute atomic E-state index is 12.6. The molecule has 0 N–H and O–H groups in total. The van der Waals surface area contributed by atoms with E-state index in [0.717, 1.165) is 13.8 Å². The summed E-state index contributed by atoms with van der Waals surface area (Å²) in [5.74, 6) is -10.9. The fourth-order valence-electron chi connectivity index (χ4n) is 0.600. The minimum atomic E-state index is -5.93. The lowest BCUT2D eigenvalue weighted by Crippen LogP contribution is -2.43. The lowest BCUT2D eigenvalue weighted by Gasteiger charge is -2.27. The zero-order valence-electron chi connectivity index (χ0n) is 7.43. The third-order valence-electron chi connectivity index (χ3n) is 1.72. The van der Waals surface area contributed by atoms with Crippen molar-refractivity contribution in [3.63, 3.8) is 0 Å². The van der Waals surface area contributed by atoms with Crippen molar-refractivity contribution in [1.29, 1.82) is 0 Å². The number of hydrogen-bond acceptors (Lipinski definition) is 0. The lowest BCUT2D eigenvalue weighted by atomic mass is 9.99. The van der Waals surface area contributed by atoms with Gasteiger partial charge in [0.1, 0.15) is 0 Å². The monoisotopic (exact) mass is 226 g/mol. The smallest absolute Gasteiger partial charge is 0.206 e. The first-order valence-electron chi connectivity index (χ1n) is 3.72. The zero-order chi connectivity index (χ0) is 11.8. The lowest BCUT2D eigenvalue weighted by molar-refractivity contribution is -0.303. The van der Waals surface area contributed by atoms with Crippen molar-refractivity contribution in [2.24, 2.45) is 5.92 Å². The second-order valence-electron chi connectivity index (χ2n) is 3.29. The highest BCUT2D eigenvalue weighted by atomic mass is 19.4. The van der Waals surface area contributed by atoms with Crippen LogP contribution in [0.15, 0.2) is 0 Å². The van der Waals surface area contributed by atoms with Crippen molar-refractivity contribution < 1.29 is 30.7 Å². The molecule has 0 saturated carbocycles. The molecule has 0 heterocycles. The predicted molar refractivity (Wildman–Crippen MR) is 35.4 cm³/mol. The predicted octanol–water partition coefficient (Wildman–Crippen LogP) is 3.87. The van der Waals surface area contributed by atoms with Crippen LogP contribution in [0.5, 0.6) is 0 Å². The number of halogens is 7. The fraction of sp³-hybridized carbons (Fsp3) is 1.00. The molecule has 0 amide bonds. The van der Waals surface area contributed by atoms with Gasteiger partial charge in [0.2, 0.25) is 0 Å². The summed E-state index contributed by atoms with van der Waals surface area (Å²) < 4.78 is 84.2. The molecule has 0 saturated heterocycles. The molecule has 0 aliphatic carbocycles. The van der Waals surface area contributed by atoms with E-state index < -0.39 is 30.4 Å². The van der Waals surface area contributed by atoms with Gasteiger partial charge in [0.25, 0.3) is 5.92 Å². The van der Waals surface area contributed by atoms with E-state index in [1.807, 2.05) is 0 Å². The van der Waals surface area contributed by atoms with Crippen LogP contribution in [0.2, 0.25) is 0 Å². The Hall–Kier alpha value is -0.490. The molecule has 0 bridgehead atoms. The molecular formula is C7H9F7. The van der Waals surface area contributed by atoms with Gasteiger partial charge in [-0.25, -0.2) is 8.78 Å². The minimum Gasteiger partial charge on any atom is -0.206 e. The van der Waals surface area contributed by atoms with E-state index in [9.17, 15) is 30.7 Å². The minimum absolute atomic E-state index is 0.881. The Morgan fingerprint density at radius 2 is 1.21 bits per heavy atom. The Morgan fingerprint density at radius 1 is 0.857 bits per heavy atom. The molecule has 0 atom stereocenters. The third kappa shape index (κ3) is 3.02. The molecule has 0 radical (unpaired) electrons. The number of alkyl halides is 7. The molecule has 0 spiro atoms. The van der Waals surface area contributed by atoms with Gasteiger partial charge in [-0.1, -0.05) is 13.8 Å². The molecule has 0 aliphatic rings. The van der Waals surface area contributed by atoms with Crippen molar-refractivity contribution in [1.82, 2.24) is 0 Å². The van der Waals surface area contributed by atoms with Gasteiger partial charge >= 0.3 is 12.1 Å². The maximum atomic E-state index is 12.6. The normalized spacial score (nSPS) is 15.0. The molecule has 0 fully saturated rings. The zero-order valence-corrected chi connectivity index (χ0v) is 7.43. The average molecular weight is 226 g/mol. The largest absolute Gasteiger partial charge is 0.453 e. The molecule has 0 aromatic heterocycles. The topological polar surface area (TPSA) is 0 Å². The molecule has 0 aliphatic heterocycles. The van der Waals surface area contributed by atoms with E-state index in [4.69, 9.17) is 0 Å². The quantitative estimate of drug-likeness (QED) is 0.641. The summed E-state index contributed by atoms with van der Waals surface area (Å²) in [4.78, 5) is 0. The highest BCUT2D eigenvalue weighted by Crippen LogP contribution is 2.44. The Labute approximate surface area is 76.1 Å². The van der Waals surface area contributed by atoms with Crippen molar-refractivity contribution in [3.05, 3.63) is 0 Å². The Kier molecular flexibility index (Phi) is 3.46. The van der Waals surface area contributed by atoms with Gasteiger partial charge in [-0.05, 0) is 0 Å². The molecule has 0 unspecified atom stereocenters. The third-order valence-corrected chi connectivity index (χ3v) is 1.72. The fourth-order valence-corrected chi connectivity index (χ4v) is 0.600. The van der Waals surface area contributed by atoms with Crippen LogP contribution in [0.25, 0.3) is 0 Å². The molecule has 7 heteroatoms. The Morgan fingerprint density at radius 3 is 1.43 bits per heavy atom. The van der Waals surface area contributed by atoms with Crippen LogP contribution in [0, 0.1) is 5.92 Å². The van der Waals surface area contributed by atoms with Crippen LogP contribution in [0.4, 0.5) is 30.7 Å². The second-order valence-corrected chi connectivity index (χ2v) is 3.29. The SMILES string of the molecule is CC(C)C(F)(F)CC(F)(F)C(F)(F)F. The van der Waals surface area contributed by atoms with Crippen molar-refractivity contribution >= 4 is 0 Å². The first kappa shape index (κ1) is 13.5. The van der Waals surface area contributed by atoms with Crippen LogP contribution >= 0.6 is 0 Å². The molecule has 14 heavy (non-hydrogen) atoms. The Balaban J connectivity index is 4.67. The first-order valence-corrected chi connectivity index (χ1v) is 3.72. The van der Waals surface area contributed by atoms with Gasteiger partial charge in [-0.3, -0.25) is 0 Å². The summed E-state index contributed by atoms with van der Waals surface area (Å²) in [6, 6.07) is 0. The van der Waals surface area contributed by atoms with Crippen molar-refractivity contribution in [3.8, 4) is 0 Å². The summed E-state index contributed by atoms with van der Waals surface area (Å²) in [5.41, 5.74) is 0. The van der Waals surface area contributed by atoms with Gasteiger partial charge in [0.15, 0.2) is 0 Å². The van der Waals surface area contributed by atoms with Crippen LogP contribution < -0.4 is 0 Å². The maximum Gasteiger partial charge on any atom is 0.453 e. The van der Waals surface area contributed by atoms with Crippen molar-refractivity contribution in [2.75, 3.05) is 0 Å². The van der Waals surface area contributed by atoms with Gasteiger partial charge in [-0.15, -0.1) is 0 Å². The summed E-state index contributed by atoms with van der Waals surface area (Å²) in [6.07, 6.45) is -8.42. The van der Waals surface area contributed by atoms with Crippen molar-refractivity contribution in [2.45, 2.75) is 38.3 Å². The van der Waals surface area contributed by atoms with E-state index in [1.165, 1.54) is 0 Å². The molecule has 0 rings (SSSR count).